The quantitative estimate of drug-likeness (QED) is 0.858. The second-order valence-corrected chi connectivity index (χ2v) is 3.62. The van der Waals surface area contributed by atoms with Crippen LogP contribution in [0.3, 0.4) is 0 Å². The highest BCUT2D eigenvalue weighted by Crippen LogP contribution is 2.08. The molecule has 3 N–H and O–H groups in total. The van der Waals surface area contributed by atoms with Gasteiger partial charge in [0.1, 0.15) is 18.0 Å². The van der Waals surface area contributed by atoms with Crippen molar-refractivity contribution < 1.29 is 8.78 Å². The lowest BCUT2D eigenvalue weighted by atomic mass is 10.1. The second-order valence-electron chi connectivity index (χ2n) is 3.62. The summed E-state index contributed by atoms with van der Waals surface area (Å²) >= 11 is 0. The first-order valence-electron chi connectivity index (χ1n) is 5.27. The average Bonchev–Trinajstić information content (AvgIpc) is 2.27. The minimum atomic E-state index is -0.589. The third-order valence-electron chi connectivity index (χ3n) is 2.21. The van der Waals surface area contributed by atoms with Crippen LogP contribution in [0, 0.1) is 11.6 Å². The SMILES string of the molecule is Nc1ncnc(NCCc2cc(F)cc(F)c2)n1. The Morgan fingerprint density at radius 2 is 1.83 bits per heavy atom. The summed E-state index contributed by atoms with van der Waals surface area (Å²) in [6.07, 6.45) is 1.73. The lowest BCUT2D eigenvalue weighted by molar-refractivity contribution is 0.580. The Morgan fingerprint density at radius 3 is 2.50 bits per heavy atom. The number of anilines is 2. The molecule has 0 fully saturated rings. The number of aromatic nitrogens is 3. The molecule has 1 heterocycles. The number of nitrogens with two attached hydrogens (primary N) is 1. The van der Waals surface area contributed by atoms with Crippen molar-refractivity contribution in [3.63, 3.8) is 0 Å². The van der Waals surface area contributed by atoms with Gasteiger partial charge < -0.3 is 11.1 Å². The fourth-order valence-electron chi connectivity index (χ4n) is 1.47. The van der Waals surface area contributed by atoms with Gasteiger partial charge in [-0.2, -0.15) is 4.98 Å². The Labute approximate surface area is 102 Å². The number of nitrogen functional groups attached to an aromatic ring is 1. The smallest absolute Gasteiger partial charge is 0.227 e. The highest BCUT2D eigenvalue weighted by Gasteiger charge is 2.01. The first-order chi connectivity index (χ1) is 8.63. The van der Waals surface area contributed by atoms with Gasteiger partial charge in [-0.05, 0) is 24.1 Å². The molecular weight excluding hydrogens is 240 g/mol. The van der Waals surface area contributed by atoms with Crippen LogP contribution in [0.15, 0.2) is 24.5 Å². The van der Waals surface area contributed by atoms with Crippen molar-refractivity contribution in [3.8, 4) is 0 Å². The van der Waals surface area contributed by atoms with Crippen molar-refractivity contribution in [2.45, 2.75) is 6.42 Å². The molecular formula is C11H11F2N5. The predicted molar refractivity (Wildman–Crippen MR) is 62.8 cm³/mol. The lowest BCUT2D eigenvalue weighted by Crippen LogP contribution is -2.09. The molecule has 1 aromatic heterocycles. The van der Waals surface area contributed by atoms with Gasteiger partial charge in [0, 0.05) is 12.6 Å². The van der Waals surface area contributed by atoms with Crippen molar-refractivity contribution >= 4 is 11.9 Å². The number of nitrogens with zero attached hydrogens (tertiary/aromatic N) is 3. The Bertz CT molecular complexity index is 526. The molecule has 18 heavy (non-hydrogen) atoms. The summed E-state index contributed by atoms with van der Waals surface area (Å²) in [5.74, 6) is -0.729. The maximum Gasteiger partial charge on any atom is 0.227 e. The maximum absolute atomic E-state index is 12.9. The molecule has 0 unspecified atom stereocenters. The van der Waals surface area contributed by atoms with Gasteiger partial charge in [0.05, 0.1) is 0 Å². The van der Waals surface area contributed by atoms with Gasteiger partial charge in [0.2, 0.25) is 11.9 Å². The molecule has 0 saturated carbocycles. The molecule has 0 saturated heterocycles. The summed E-state index contributed by atoms with van der Waals surface area (Å²) in [5.41, 5.74) is 5.94. The van der Waals surface area contributed by atoms with Crippen molar-refractivity contribution in [1.29, 1.82) is 0 Å². The second kappa shape index (κ2) is 5.35. The van der Waals surface area contributed by atoms with Crippen LogP contribution >= 0.6 is 0 Å². The molecule has 5 nitrogen and oxygen atoms in total. The van der Waals surface area contributed by atoms with Gasteiger partial charge in [-0.3, -0.25) is 0 Å². The van der Waals surface area contributed by atoms with E-state index < -0.39 is 11.6 Å². The minimum Gasteiger partial charge on any atom is -0.368 e. The first kappa shape index (κ1) is 12.2. The topological polar surface area (TPSA) is 76.7 Å². The molecule has 0 spiro atoms. The fourth-order valence-corrected chi connectivity index (χ4v) is 1.47. The molecule has 0 radical (unpaired) electrons. The number of nitrogens with one attached hydrogen (secondary N) is 1. The molecule has 0 atom stereocenters. The van der Waals surface area contributed by atoms with Crippen LogP contribution in [-0.4, -0.2) is 21.5 Å². The molecule has 0 aliphatic heterocycles. The van der Waals surface area contributed by atoms with Crippen molar-refractivity contribution in [2.75, 3.05) is 17.6 Å². The summed E-state index contributed by atoms with van der Waals surface area (Å²) in [5, 5.41) is 2.89. The van der Waals surface area contributed by atoms with E-state index in [9.17, 15) is 8.78 Å². The van der Waals surface area contributed by atoms with Crippen LogP contribution in [0.5, 0.6) is 0 Å². The van der Waals surface area contributed by atoms with E-state index in [4.69, 9.17) is 5.73 Å². The molecule has 0 amide bonds. The maximum atomic E-state index is 12.9. The molecule has 0 bridgehead atoms. The van der Waals surface area contributed by atoms with E-state index in [1.54, 1.807) is 0 Å². The van der Waals surface area contributed by atoms with Crippen molar-refractivity contribution in [2.24, 2.45) is 0 Å². The van der Waals surface area contributed by atoms with Crippen molar-refractivity contribution in [1.82, 2.24) is 15.0 Å². The third kappa shape index (κ3) is 3.34. The number of hydrogen-bond acceptors (Lipinski definition) is 5. The zero-order valence-electron chi connectivity index (χ0n) is 9.40. The first-order valence-corrected chi connectivity index (χ1v) is 5.27. The van der Waals surface area contributed by atoms with E-state index >= 15 is 0 Å². The van der Waals surface area contributed by atoms with Crippen molar-refractivity contribution in [3.05, 3.63) is 41.7 Å². The highest BCUT2D eigenvalue weighted by molar-refractivity contribution is 5.29. The Kier molecular flexibility index (Phi) is 3.61. The minimum absolute atomic E-state index is 0.115. The fraction of sp³-hybridized carbons (Fsp3) is 0.182. The van der Waals surface area contributed by atoms with Gasteiger partial charge in [-0.1, -0.05) is 0 Å². The van der Waals surface area contributed by atoms with Gasteiger partial charge in [0.15, 0.2) is 0 Å². The summed E-state index contributed by atoms with van der Waals surface area (Å²) in [4.78, 5) is 11.3. The van der Waals surface area contributed by atoms with E-state index in [2.05, 4.69) is 20.3 Å². The van der Waals surface area contributed by atoms with Crippen LogP contribution in [-0.2, 0) is 6.42 Å². The molecule has 2 aromatic rings. The van der Waals surface area contributed by atoms with E-state index in [0.29, 0.717) is 24.5 Å². The largest absolute Gasteiger partial charge is 0.368 e. The summed E-state index contributed by atoms with van der Waals surface area (Å²) in [6, 6.07) is 3.41. The molecule has 2 rings (SSSR count). The summed E-state index contributed by atoms with van der Waals surface area (Å²) in [6.45, 7) is 0.437. The van der Waals surface area contributed by atoms with Crippen LogP contribution < -0.4 is 11.1 Å². The Balaban J connectivity index is 1.92. The normalized spacial score (nSPS) is 10.3. The van der Waals surface area contributed by atoms with E-state index in [1.807, 2.05) is 0 Å². The predicted octanol–water partition coefficient (Wildman–Crippen LogP) is 1.39. The van der Waals surface area contributed by atoms with Gasteiger partial charge >= 0.3 is 0 Å². The molecule has 0 aliphatic rings. The molecule has 7 heteroatoms. The molecule has 94 valence electrons. The molecule has 0 aliphatic carbocycles. The zero-order valence-corrected chi connectivity index (χ0v) is 9.40. The van der Waals surface area contributed by atoms with Crippen LogP contribution in [0.4, 0.5) is 20.7 Å². The van der Waals surface area contributed by atoms with E-state index in [1.165, 1.54) is 18.5 Å². The Hall–Kier alpha value is -2.31. The van der Waals surface area contributed by atoms with Gasteiger partial charge in [-0.15, -0.1) is 0 Å². The number of rotatable bonds is 4. The number of halogens is 2. The summed E-state index contributed by atoms with van der Waals surface area (Å²) in [7, 11) is 0. The summed E-state index contributed by atoms with van der Waals surface area (Å²) < 4.78 is 25.8. The van der Waals surface area contributed by atoms with Crippen LogP contribution in [0.2, 0.25) is 0 Å². The highest BCUT2D eigenvalue weighted by atomic mass is 19.1. The van der Waals surface area contributed by atoms with Crippen LogP contribution in [0.1, 0.15) is 5.56 Å². The van der Waals surface area contributed by atoms with E-state index in [0.717, 1.165) is 6.07 Å². The van der Waals surface area contributed by atoms with E-state index in [-0.39, 0.29) is 5.95 Å². The third-order valence-corrected chi connectivity index (χ3v) is 2.21. The molecule has 1 aromatic carbocycles. The van der Waals surface area contributed by atoms with Crippen LogP contribution in [0.25, 0.3) is 0 Å². The van der Waals surface area contributed by atoms with Gasteiger partial charge in [0.25, 0.3) is 0 Å². The number of benzene rings is 1. The zero-order chi connectivity index (χ0) is 13.0. The lowest BCUT2D eigenvalue weighted by Gasteiger charge is -2.05. The monoisotopic (exact) mass is 251 g/mol. The standard InChI is InChI=1S/C11H11F2N5/c12-8-3-7(4-9(13)5-8)1-2-15-11-17-6-16-10(14)18-11/h3-6H,1-2H2,(H3,14,15,16,17,18). The Morgan fingerprint density at radius 1 is 1.11 bits per heavy atom. The number of hydrogen-bond donors (Lipinski definition) is 2. The van der Waals surface area contributed by atoms with Gasteiger partial charge in [-0.25, -0.2) is 18.7 Å². The average molecular weight is 251 g/mol.